The van der Waals surface area contributed by atoms with E-state index in [4.69, 9.17) is 22.7 Å². The van der Waals surface area contributed by atoms with E-state index in [1.54, 1.807) is 0 Å². The Kier molecular flexibility index (Phi) is 4.69. The molecule has 1 aromatic carbocycles. The lowest BCUT2D eigenvalue weighted by Crippen LogP contribution is -2.17. The molecule has 19 heavy (non-hydrogen) atoms. The number of hydrogen-bond acceptors (Lipinski definition) is 2. The molecule has 1 fully saturated rings. The van der Waals surface area contributed by atoms with Gasteiger partial charge in [-0.05, 0) is 30.9 Å². The molecule has 1 aliphatic rings. The van der Waals surface area contributed by atoms with Crippen LogP contribution in [0, 0.1) is 17.6 Å². The molecule has 2 N–H and O–H groups in total. The van der Waals surface area contributed by atoms with E-state index in [1.807, 2.05) is 0 Å². The maximum absolute atomic E-state index is 13.7. The van der Waals surface area contributed by atoms with Crippen LogP contribution in [-0.2, 0) is 0 Å². The fraction of sp³-hybridized carbons (Fsp3) is 0.500. The molecule has 1 aliphatic carbocycles. The van der Waals surface area contributed by atoms with Gasteiger partial charge in [0.05, 0.1) is 6.61 Å². The molecule has 2 rings (SSSR count). The SMILES string of the molecule is NC(=S)c1cc(F)c(OCC2CCCCC2)c(F)c1. The highest BCUT2D eigenvalue weighted by Crippen LogP contribution is 2.27. The summed E-state index contributed by atoms with van der Waals surface area (Å²) >= 11 is 4.70. The van der Waals surface area contributed by atoms with Gasteiger partial charge in [0.15, 0.2) is 17.4 Å². The molecule has 104 valence electrons. The molecule has 0 radical (unpaired) electrons. The summed E-state index contributed by atoms with van der Waals surface area (Å²) in [4.78, 5) is -0.0309. The minimum absolute atomic E-state index is 0.0309. The van der Waals surface area contributed by atoms with Crippen LogP contribution < -0.4 is 10.5 Å². The van der Waals surface area contributed by atoms with E-state index in [1.165, 1.54) is 19.3 Å². The van der Waals surface area contributed by atoms with E-state index in [0.29, 0.717) is 12.5 Å². The second-order valence-electron chi connectivity index (χ2n) is 4.95. The summed E-state index contributed by atoms with van der Waals surface area (Å²) in [5.41, 5.74) is 5.53. The summed E-state index contributed by atoms with van der Waals surface area (Å²) in [6.45, 7) is 0.361. The molecule has 0 aromatic heterocycles. The number of nitrogens with two attached hydrogens (primary N) is 1. The van der Waals surface area contributed by atoms with Crippen LogP contribution in [0.1, 0.15) is 37.7 Å². The zero-order valence-corrected chi connectivity index (χ0v) is 11.4. The van der Waals surface area contributed by atoms with Crippen molar-refractivity contribution in [2.24, 2.45) is 11.7 Å². The van der Waals surface area contributed by atoms with Crippen LogP contribution in [0.25, 0.3) is 0 Å². The van der Waals surface area contributed by atoms with E-state index in [2.05, 4.69) is 0 Å². The first kappa shape index (κ1) is 14.2. The Balaban J connectivity index is 2.05. The predicted molar refractivity (Wildman–Crippen MR) is 74.3 cm³/mol. The van der Waals surface area contributed by atoms with Crippen molar-refractivity contribution >= 4 is 17.2 Å². The second kappa shape index (κ2) is 6.28. The van der Waals surface area contributed by atoms with Crippen LogP contribution in [-0.4, -0.2) is 11.6 Å². The maximum Gasteiger partial charge on any atom is 0.190 e. The summed E-state index contributed by atoms with van der Waals surface area (Å²) in [7, 11) is 0. The normalized spacial score (nSPS) is 16.3. The zero-order valence-electron chi connectivity index (χ0n) is 10.6. The van der Waals surface area contributed by atoms with Crippen molar-refractivity contribution in [2.75, 3.05) is 6.61 Å². The van der Waals surface area contributed by atoms with Gasteiger partial charge in [0.2, 0.25) is 0 Å². The van der Waals surface area contributed by atoms with Crippen LogP contribution in [0.2, 0.25) is 0 Å². The van der Waals surface area contributed by atoms with E-state index >= 15 is 0 Å². The summed E-state index contributed by atoms with van der Waals surface area (Å²) in [5, 5.41) is 0. The first-order chi connectivity index (χ1) is 9.08. The number of benzene rings is 1. The fourth-order valence-electron chi connectivity index (χ4n) is 2.40. The quantitative estimate of drug-likeness (QED) is 0.859. The predicted octanol–water partition coefficient (Wildman–Crippen LogP) is 3.56. The minimum atomic E-state index is -0.751. The van der Waals surface area contributed by atoms with Crippen molar-refractivity contribution in [3.63, 3.8) is 0 Å². The Hall–Kier alpha value is -1.23. The number of halogens is 2. The standard InChI is InChI=1S/C14H17F2NOS/c15-11-6-10(14(17)19)7-12(16)13(11)18-8-9-4-2-1-3-5-9/h6-7,9H,1-5,8H2,(H2,17,19). The van der Waals surface area contributed by atoms with Gasteiger partial charge in [-0.3, -0.25) is 0 Å². The molecule has 2 nitrogen and oxygen atoms in total. The number of hydrogen-bond donors (Lipinski definition) is 1. The molecule has 0 amide bonds. The molecule has 0 aliphatic heterocycles. The lowest BCUT2D eigenvalue weighted by Gasteiger charge is -2.22. The molecule has 1 aromatic rings. The summed E-state index contributed by atoms with van der Waals surface area (Å²) in [6, 6.07) is 2.23. The lowest BCUT2D eigenvalue weighted by atomic mass is 9.90. The zero-order chi connectivity index (χ0) is 13.8. The monoisotopic (exact) mass is 285 g/mol. The topological polar surface area (TPSA) is 35.2 Å². The van der Waals surface area contributed by atoms with E-state index in [9.17, 15) is 8.78 Å². The summed E-state index contributed by atoms with van der Waals surface area (Å²) in [6.07, 6.45) is 5.70. The third-order valence-electron chi connectivity index (χ3n) is 3.47. The number of thiocarbonyl (C=S) groups is 1. The molecule has 0 heterocycles. The van der Waals surface area contributed by atoms with Crippen LogP contribution in [0.5, 0.6) is 5.75 Å². The first-order valence-electron chi connectivity index (χ1n) is 6.49. The molecule has 0 unspecified atom stereocenters. The number of rotatable bonds is 4. The van der Waals surface area contributed by atoms with Gasteiger partial charge >= 0.3 is 0 Å². The van der Waals surface area contributed by atoms with Crippen LogP contribution >= 0.6 is 12.2 Å². The fourth-order valence-corrected chi connectivity index (χ4v) is 2.51. The summed E-state index contributed by atoms with van der Waals surface area (Å²) in [5.74, 6) is -1.44. The van der Waals surface area contributed by atoms with Gasteiger partial charge in [-0.25, -0.2) is 8.78 Å². The van der Waals surface area contributed by atoms with Crippen molar-refractivity contribution in [2.45, 2.75) is 32.1 Å². The van der Waals surface area contributed by atoms with Gasteiger partial charge in [-0.2, -0.15) is 0 Å². The van der Waals surface area contributed by atoms with E-state index in [0.717, 1.165) is 25.0 Å². The van der Waals surface area contributed by atoms with Crippen LogP contribution in [0.15, 0.2) is 12.1 Å². The number of ether oxygens (including phenoxy) is 1. The third-order valence-corrected chi connectivity index (χ3v) is 3.71. The van der Waals surface area contributed by atoms with E-state index < -0.39 is 11.6 Å². The van der Waals surface area contributed by atoms with Gasteiger partial charge in [0.1, 0.15) is 4.99 Å². The maximum atomic E-state index is 13.7. The Morgan fingerprint density at radius 2 is 1.79 bits per heavy atom. The first-order valence-corrected chi connectivity index (χ1v) is 6.90. The van der Waals surface area contributed by atoms with Gasteiger partial charge in [0, 0.05) is 5.56 Å². The van der Waals surface area contributed by atoms with Crippen molar-refractivity contribution in [3.05, 3.63) is 29.3 Å². The van der Waals surface area contributed by atoms with Gasteiger partial charge in [-0.15, -0.1) is 0 Å². The van der Waals surface area contributed by atoms with Crippen LogP contribution in [0.3, 0.4) is 0 Å². The lowest BCUT2D eigenvalue weighted by molar-refractivity contribution is 0.195. The van der Waals surface area contributed by atoms with Crippen molar-refractivity contribution < 1.29 is 13.5 Å². The molecule has 0 atom stereocenters. The molecular weight excluding hydrogens is 268 g/mol. The Morgan fingerprint density at radius 3 is 2.32 bits per heavy atom. The van der Waals surface area contributed by atoms with Crippen LogP contribution in [0.4, 0.5) is 8.78 Å². The molecular formula is C14H17F2NOS. The molecule has 1 saturated carbocycles. The van der Waals surface area contributed by atoms with Crippen molar-refractivity contribution in [1.82, 2.24) is 0 Å². The summed E-state index contributed by atoms with van der Waals surface area (Å²) < 4.78 is 32.8. The highest BCUT2D eigenvalue weighted by Gasteiger charge is 2.18. The third kappa shape index (κ3) is 3.62. The second-order valence-corrected chi connectivity index (χ2v) is 5.39. The Labute approximate surface area is 116 Å². The largest absolute Gasteiger partial charge is 0.487 e. The van der Waals surface area contributed by atoms with Crippen molar-refractivity contribution in [1.29, 1.82) is 0 Å². The van der Waals surface area contributed by atoms with Gasteiger partial charge < -0.3 is 10.5 Å². The molecule has 0 saturated heterocycles. The molecule has 0 spiro atoms. The van der Waals surface area contributed by atoms with Gasteiger partial charge in [0.25, 0.3) is 0 Å². The average Bonchev–Trinajstić information content (AvgIpc) is 2.38. The average molecular weight is 285 g/mol. The Morgan fingerprint density at radius 1 is 1.21 bits per heavy atom. The highest BCUT2D eigenvalue weighted by molar-refractivity contribution is 7.80. The molecule has 5 heteroatoms. The Bertz CT molecular complexity index is 450. The van der Waals surface area contributed by atoms with Crippen molar-refractivity contribution in [3.8, 4) is 5.75 Å². The highest BCUT2D eigenvalue weighted by atomic mass is 32.1. The van der Waals surface area contributed by atoms with Gasteiger partial charge in [-0.1, -0.05) is 31.5 Å². The van der Waals surface area contributed by atoms with E-state index in [-0.39, 0.29) is 16.3 Å². The minimum Gasteiger partial charge on any atom is -0.487 e. The smallest absolute Gasteiger partial charge is 0.190 e. The molecule has 0 bridgehead atoms.